The minimum atomic E-state index is 0.611. The van der Waals surface area contributed by atoms with Crippen LogP contribution < -0.4 is 10.6 Å². The van der Waals surface area contributed by atoms with Crippen LogP contribution in [0.3, 0.4) is 0 Å². The van der Waals surface area contributed by atoms with Crippen LogP contribution in [0.1, 0.15) is 5.56 Å². The smallest absolute Gasteiger partial charge is 0.225 e. The normalized spacial score (nSPS) is 10.6. The summed E-state index contributed by atoms with van der Waals surface area (Å²) in [6.45, 7) is 3.38. The Morgan fingerprint density at radius 2 is 1.67 bits per heavy atom. The Bertz CT molecular complexity index is 310. The molecule has 0 spiro atoms. The van der Waals surface area contributed by atoms with Crippen LogP contribution in [0.2, 0.25) is 0 Å². The van der Waals surface area contributed by atoms with Gasteiger partial charge in [0.1, 0.15) is 0 Å². The highest BCUT2D eigenvalue weighted by Crippen LogP contribution is 2.07. The first kappa shape index (κ1) is 14.8. The van der Waals surface area contributed by atoms with Gasteiger partial charge in [0.05, 0.1) is 13.2 Å². The summed E-state index contributed by atoms with van der Waals surface area (Å²) in [5, 5.41) is 0. The predicted molar refractivity (Wildman–Crippen MR) is 70.8 cm³/mol. The number of nitrogens with zero attached hydrogens (tertiary/aromatic N) is 3. The molecule has 0 fully saturated rings. The Hall–Kier alpha value is -1.24. The molecule has 6 nitrogen and oxygen atoms in total. The third-order valence-corrected chi connectivity index (χ3v) is 2.54. The lowest BCUT2D eigenvalue weighted by atomic mass is 10.2. The van der Waals surface area contributed by atoms with Crippen molar-refractivity contribution in [2.75, 3.05) is 52.0 Å². The zero-order valence-corrected chi connectivity index (χ0v) is 11.1. The molecule has 0 saturated carbocycles. The Labute approximate surface area is 108 Å². The van der Waals surface area contributed by atoms with E-state index in [9.17, 15) is 0 Å². The van der Waals surface area contributed by atoms with Gasteiger partial charge >= 0.3 is 0 Å². The van der Waals surface area contributed by atoms with Gasteiger partial charge in [0.15, 0.2) is 0 Å². The van der Waals surface area contributed by atoms with E-state index in [1.54, 1.807) is 14.2 Å². The summed E-state index contributed by atoms with van der Waals surface area (Å²) in [5.74, 6) is 0.699. The third-order valence-electron chi connectivity index (χ3n) is 2.54. The van der Waals surface area contributed by atoms with Crippen LogP contribution in [0.15, 0.2) is 12.4 Å². The SMILES string of the molecule is COCCN(CCOC)c1ncc(CCN)cn1. The maximum Gasteiger partial charge on any atom is 0.225 e. The second-order valence-electron chi connectivity index (χ2n) is 3.90. The molecule has 0 aliphatic heterocycles. The fraction of sp³-hybridized carbons (Fsp3) is 0.667. The summed E-state index contributed by atoms with van der Waals surface area (Å²) in [4.78, 5) is 10.7. The van der Waals surface area contributed by atoms with Gasteiger partial charge < -0.3 is 20.1 Å². The molecular formula is C12H22N4O2. The Morgan fingerprint density at radius 1 is 1.11 bits per heavy atom. The van der Waals surface area contributed by atoms with Crippen LogP contribution in [0.25, 0.3) is 0 Å². The topological polar surface area (TPSA) is 73.5 Å². The molecular weight excluding hydrogens is 232 g/mol. The van der Waals surface area contributed by atoms with Gasteiger partial charge in [0, 0.05) is 39.7 Å². The number of hydrogen-bond donors (Lipinski definition) is 1. The molecule has 1 heterocycles. The Balaban J connectivity index is 2.64. The second-order valence-corrected chi connectivity index (χ2v) is 3.90. The monoisotopic (exact) mass is 254 g/mol. The average Bonchev–Trinajstić information content (AvgIpc) is 2.41. The summed E-state index contributed by atoms with van der Waals surface area (Å²) in [6, 6.07) is 0. The molecule has 1 aromatic rings. The molecule has 0 bridgehead atoms. The van der Waals surface area contributed by atoms with E-state index in [-0.39, 0.29) is 0 Å². The highest BCUT2D eigenvalue weighted by Gasteiger charge is 2.08. The molecule has 2 N–H and O–H groups in total. The lowest BCUT2D eigenvalue weighted by molar-refractivity contribution is 0.189. The van der Waals surface area contributed by atoms with Crippen molar-refractivity contribution in [3.63, 3.8) is 0 Å². The molecule has 1 aromatic heterocycles. The highest BCUT2D eigenvalue weighted by atomic mass is 16.5. The van der Waals surface area contributed by atoms with Gasteiger partial charge in [0.2, 0.25) is 5.95 Å². The fourth-order valence-electron chi connectivity index (χ4n) is 1.52. The molecule has 0 amide bonds. The largest absolute Gasteiger partial charge is 0.383 e. The van der Waals surface area contributed by atoms with Crippen molar-refractivity contribution < 1.29 is 9.47 Å². The molecule has 0 saturated heterocycles. The fourth-order valence-corrected chi connectivity index (χ4v) is 1.52. The maximum atomic E-state index is 5.49. The van der Waals surface area contributed by atoms with Crippen molar-refractivity contribution in [1.29, 1.82) is 0 Å². The van der Waals surface area contributed by atoms with E-state index < -0.39 is 0 Å². The molecule has 0 unspecified atom stereocenters. The number of anilines is 1. The molecule has 102 valence electrons. The predicted octanol–water partition coefficient (Wildman–Crippen LogP) is 0.0770. The highest BCUT2D eigenvalue weighted by molar-refractivity contribution is 5.29. The van der Waals surface area contributed by atoms with Crippen molar-refractivity contribution >= 4 is 5.95 Å². The molecule has 18 heavy (non-hydrogen) atoms. The van der Waals surface area contributed by atoms with Gasteiger partial charge in [-0.05, 0) is 18.5 Å². The van der Waals surface area contributed by atoms with Gasteiger partial charge in [-0.25, -0.2) is 9.97 Å². The van der Waals surface area contributed by atoms with E-state index in [2.05, 4.69) is 9.97 Å². The van der Waals surface area contributed by atoms with Crippen molar-refractivity contribution in [3.05, 3.63) is 18.0 Å². The number of nitrogens with two attached hydrogens (primary N) is 1. The van der Waals surface area contributed by atoms with Gasteiger partial charge in [0.25, 0.3) is 0 Å². The van der Waals surface area contributed by atoms with E-state index >= 15 is 0 Å². The third kappa shape index (κ3) is 4.95. The summed E-state index contributed by atoms with van der Waals surface area (Å²) in [5.41, 5.74) is 6.55. The molecule has 0 aromatic carbocycles. The Morgan fingerprint density at radius 3 is 2.11 bits per heavy atom. The minimum Gasteiger partial charge on any atom is -0.383 e. The van der Waals surface area contributed by atoms with Crippen molar-refractivity contribution in [3.8, 4) is 0 Å². The molecule has 0 atom stereocenters. The zero-order valence-electron chi connectivity index (χ0n) is 11.1. The van der Waals surface area contributed by atoms with Crippen LogP contribution in [-0.4, -0.2) is 57.0 Å². The summed E-state index contributed by atoms with van der Waals surface area (Å²) in [6.07, 6.45) is 4.44. The maximum absolute atomic E-state index is 5.49. The lowest BCUT2D eigenvalue weighted by Crippen LogP contribution is -2.32. The van der Waals surface area contributed by atoms with Crippen LogP contribution >= 0.6 is 0 Å². The van der Waals surface area contributed by atoms with Gasteiger partial charge in [-0.3, -0.25) is 0 Å². The van der Waals surface area contributed by atoms with Crippen LogP contribution in [0.5, 0.6) is 0 Å². The first-order valence-electron chi connectivity index (χ1n) is 6.05. The van der Waals surface area contributed by atoms with Crippen molar-refractivity contribution in [2.24, 2.45) is 5.73 Å². The summed E-state index contributed by atoms with van der Waals surface area (Å²) >= 11 is 0. The van der Waals surface area contributed by atoms with E-state index in [0.29, 0.717) is 25.7 Å². The number of ether oxygens (including phenoxy) is 2. The van der Waals surface area contributed by atoms with Gasteiger partial charge in [-0.15, -0.1) is 0 Å². The van der Waals surface area contributed by atoms with Crippen molar-refractivity contribution in [1.82, 2.24) is 9.97 Å². The van der Waals surface area contributed by atoms with E-state index in [1.165, 1.54) is 0 Å². The standard InChI is InChI=1S/C12H22N4O2/c1-17-7-5-16(6-8-18-2)12-14-9-11(3-4-13)10-15-12/h9-10H,3-8,13H2,1-2H3. The second kappa shape index (κ2) is 8.79. The molecule has 0 radical (unpaired) electrons. The number of rotatable bonds is 9. The van der Waals surface area contributed by atoms with Gasteiger partial charge in [-0.2, -0.15) is 0 Å². The van der Waals surface area contributed by atoms with Crippen LogP contribution in [-0.2, 0) is 15.9 Å². The number of hydrogen-bond acceptors (Lipinski definition) is 6. The summed E-state index contributed by atoms with van der Waals surface area (Å²) < 4.78 is 10.2. The number of aromatic nitrogens is 2. The first-order chi connectivity index (χ1) is 8.81. The van der Waals surface area contributed by atoms with Gasteiger partial charge in [-0.1, -0.05) is 0 Å². The van der Waals surface area contributed by atoms with Crippen LogP contribution in [0, 0.1) is 0 Å². The number of methoxy groups -OCH3 is 2. The minimum absolute atomic E-state index is 0.611. The molecule has 1 rings (SSSR count). The van der Waals surface area contributed by atoms with E-state index in [1.807, 2.05) is 17.3 Å². The van der Waals surface area contributed by atoms with Crippen molar-refractivity contribution in [2.45, 2.75) is 6.42 Å². The molecule has 6 heteroatoms. The quantitative estimate of drug-likeness (QED) is 0.672. The zero-order chi connectivity index (χ0) is 13.2. The molecule has 0 aliphatic carbocycles. The first-order valence-corrected chi connectivity index (χ1v) is 6.05. The Kier molecular flexibility index (Phi) is 7.24. The summed E-state index contributed by atoms with van der Waals surface area (Å²) in [7, 11) is 3.36. The lowest BCUT2D eigenvalue weighted by Gasteiger charge is -2.21. The molecule has 0 aliphatic rings. The van der Waals surface area contributed by atoms with E-state index in [0.717, 1.165) is 25.1 Å². The van der Waals surface area contributed by atoms with Crippen LogP contribution in [0.4, 0.5) is 5.95 Å². The van der Waals surface area contributed by atoms with E-state index in [4.69, 9.17) is 15.2 Å². The average molecular weight is 254 g/mol.